The zero-order valence-corrected chi connectivity index (χ0v) is 16.4. The number of fused-ring (bicyclic) bond motifs is 1. The van der Waals surface area contributed by atoms with Gasteiger partial charge >= 0.3 is 0 Å². The normalized spacial score (nSPS) is 14.8. The molecule has 0 spiro atoms. The maximum atomic E-state index is 13.1. The number of carbonyl (C=O) groups excluding carboxylic acids is 1. The standard InChI is InChI=1S/C20H21FN4OS/c1-12-17-13(2)22-14(3)23-19(17)27-18(12)20(26)25-10-8-24(9-11-25)16-6-4-15(21)5-7-16/h4-7H,8-11H2,1-3H3. The number of piperazine rings is 1. The monoisotopic (exact) mass is 384 g/mol. The van der Waals surface area contributed by atoms with Crippen LogP contribution in [0.2, 0.25) is 0 Å². The zero-order valence-electron chi connectivity index (χ0n) is 15.6. The van der Waals surface area contributed by atoms with Crippen molar-refractivity contribution >= 4 is 33.1 Å². The van der Waals surface area contributed by atoms with Gasteiger partial charge in [0.2, 0.25) is 0 Å². The molecule has 0 aliphatic carbocycles. The van der Waals surface area contributed by atoms with Gasteiger partial charge in [0.05, 0.1) is 4.88 Å². The third-order valence-electron chi connectivity index (χ3n) is 5.04. The van der Waals surface area contributed by atoms with E-state index in [9.17, 15) is 9.18 Å². The lowest BCUT2D eigenvalue weighted by Gasteiger charge is -2.36. The van der Waals surface area contributed by atoms with E-state index in [4.69, 9.17) is 0 Å². The Morgan fingerprint density at radius 3 is 2.37 bits per heavy atom. The van der Waals surface area contributed by atoms with Gasteiger partial charge in [-0.2, -0.15) is 0 Å². The smallest absolute Gasteiger partial charge is 0.264 e. The molecule has 3 heterocycles. The molecule has 0 radical (unpaired) electrons. The van der Waals surface area contributed by atoms with Crippen molar-refractivity contribution < 1.29 is 9.18 Å². The molecular formula is C20H21FN4OS. The fraction of sp³-hybridized carbons (Fsp3) is 0.350. The predicted octanol–water partition coefficient (Wildman–Crippen LogP) is 3.72. The lowest BCUT2D eigenvalue weighted by Crippen LogP contribution is -2.48. The number of aromatic nitrogens is 2. The van der Waals surface area contributed by atoms with Crippen LogP contribution in [0.5, 0.6) is 0 Å². The molecule has 1 fully saturated rings. The molecule has 2 aromatic heterocycles. The average Bonchev–Trinajstić information content (AvgIpc) is 2.98. The van der Waals surface area contributed by atoms with Crippen LogP contribution >= 0.6 is 11.3 Å². The Kier molecular flexibility index (Phi) is 4.55. The van der Waals surface area contributed by atoms with Gasteiger partial charge in [-0.05, 0) is 50.6 Å². The second kappa shape index (κ2) is 6.88. The van der Waals surface area contributed by atoms with E-state index in [0.29, 0.717) is 13.1 Å². The number of amides is 1. The molecule has 0 bridgehead atoms. The van der Waals surface area contributed by atoms with Gasteiger partial charge in [0.25, 0.3) is 5.91 Å². The first kappa shape index (κ1) is 17.9. The minimum absolute atomic E-state index is 0.0614. The van der Waals surface area contributed by atoms with E-state index in [1.807, 2.05) is 25.7 Å². The molecule has 1 aromatic carbocycles. The first-order valence-corrected chi connectivity index (χ1v) is 9.80. The van der Waals surface area contributed by atoms with E-state index in [2.05, 4.69) is 14.9 Å². The van der Waals surface area contributed by atoms with Gasteiger partial charge in [0.1, 0.15) is 16.5 Å². The van der Waals surface area contributed by atoms with Crippen molar-refractivity contribution in [1.82, 2.24) is 14.9 Å². The summed E-state index contributed by atoms with van der Waals surface area (Å²) in [5.74, 6) is 0.556. The second-order valence-corrected chi connectivity index (χ2v) is 7.85. The van der Waals surface area contributed by atoms with Crippen molar-refractivity contribution in [3.63, 3.8) is 0 Å². The van der Waals surface area contributed by atoms with Crippen LogP contribution in [0.3, 0.4) is 0 Å². The first-order chi connectivity index (χ1) is 12.9. The lowest BCUT2D eigenvalue weighted by molar-refractivity contribution is 0.0751. The molecule has 3 aromatic rings. The van der Waals surface area contributed by atoms with Gasteiger partial charge in [-0.15, -0.1) is 11.3 Å². The topological polar surface area (TPSA) is 49.3 Å². The highest BCUT2D eigenvalue weighted by Crippen LogP contribution is 2.32. The van der Waals surface area contributed by atoms with E-state index in [1.165, 1.54) is 23.5 Å². The molecule has 5 nitrogen and oxygen atoms in total. The highest BCUT2D eigenvalue weighted by atomic mass is 32.1. The Morgan fingerprint density at radius 2 is 1.70 bits per heavy atom. The van der Waals surface area contributed by atoms with Gasteiger partial charge in [0, 0.05) is 42.9 Å². The van der Waals surface area contributed by atoms with Crippen molar-refractivity contribution in [2.75, 3.05) is 31.1 Å². The van der Waals surface area contributed by atoms with Crippen molar-refractivity contribution in [1.29, 1.82) is 0 Å². The number of benzene rings is 1. The number of aryl methyl sites for hydroxylation is 3. The number of anilines is 1. The predicted molar refractivity (Wildman–Crippen MR) is 106 cm³/mol. The summed E-state index contributed by atoms with van der Waals surface area (Å²) in [7, 11) is 0. The fourth-order valence-corrected chi connectivity index (χ4v) is 4.89. The van der Waals surface area contributed by atoms with E-state index in [1.54, 1.807) is 12.1 Å². The highest BCUT2D eigenvalue weighted by Gasteiger charge is 2.26. The third kappa shape index (κ3) is 3.27. The minimum atomic E-state index is -0.235. The summed E-state index contributed by atoms with van der Waals surface area (Å²) >= 11 is 1.46. The van der Waals surface area contributed by atoms with Gasteiger partial charge in [0.15, 0.2) is 0 Å². The van der Waals surface area contributed by atoms with Crippen molar-refractivity contribution in [3.05, 3.63) is 52.0 Å². The number of halogens is 1. The Labute approximate surface area is 161 Å². The molecule has 0 N–H and O–H groups in total. The number of carbonyl (C=O) groups is 1. The maximum Gasteiger partial charge on any atom is 0.264 e. The largest absolute Gasteiger partial charge is 0.368 e. The van der Waals surface area contributed by atoms with Gasteiger partial charge < -0.3 is 9.80 Å². The van der Waals surface area contributed by atoms with Gasteiger partial charge in [-0.25, -0.2) is 14.4 Å². The van der Waals surface area contributed by atoms with Gasteiger partial charge in [-0.1, -0.05) is 0 Å². The van der Waals surface area contributed by atoms with Crippen LogP contribution in [0.1, 0.15) is 26.8 Å². The minimum Gasteiger partial charge on any atom is -0.368 e. The SMILES string of the molecule is Cc1nc(C)c2c(C)c(C(=O)N3CCN(c4ccc(F)cc4)CC3)sc2n1. The van der Waals surface area contributed by atoms with Crippen LogP contribution in [-0.2, 0) is 0 Å². The summed E-state index contributed by atoms with van der Waals surface area (Å²) < 4.78 is 13.1. The summed E-state index contributed by atoms with van der Waals surface area (Å²) in [6.45, 7) is 8.58. The Morgan fingerprint density at radius 1 is 1.04 bits per heavy atom. The van der Waals surface area contributed by atoms with Gasteiger partial charge in [-0.3, -0.25) is 4.79 Å². The quantitative estimate of drug-likeness (QED) is 0.676. The summed E-state index contributed by atoms with van der Waals surface area (Å²) in [6.07, 6.45) is 0. The van der Waals surface area contributed by atoms with Crippen LogP contribution in [0.25, 0.3) is 10.2 Å². The van der Waals surface area contributed by atoms with Crippen LogP contribution in [0.15, 0.2) is 24.3 Å². The van der Waals surface area contributed by atoms with Crippen LogP contribution < -0.4 is 4.90 Å². The molecule has 140 valence electrons. The zero-order chi connectivity index (χ0) is 19.1. The van der Waals surface area contributed by atoms with Crippen LogP contribution in [0, 0.1) is 26.6 Å². The molecular weight excluding hydrogens is 363 g/mol. The van der Waals surface area contributed by atoms with Crippen LogP contribution in [-0.4, -0.2) is 47.0 Å². The average molecular weight is 384 g/mol. The number of hydrogen-bond acceptors (Lipinski definition) is 5. The number of rotatable bonds is 2. The molecule has 7 heteroatoms. The maximum absolute atomic E-state index is 13.1. The molecule has 0 saturated carbocycles. The number of nitrogens with zero attached hydrogens (tertiary/aromatic N) is 4. The Balaban J connectivity index is 1.53. The van der Waals surface area contributed by atoms with Crippen LogP contribution in [0.4, 0.5) is 10.1 Å². The molecule has 1 aliphatic rings. The summed E-state index contributed by atoms with van der Waals surface area (Å²) in [5, 5.41) is 0.999. The molecule has 0 atom stereocenters. The van der Waals surface area contributed by atoms with E-state index < -0.39 is 0 Å². The van der Waals surface area contributed by atoms with Crippen molar-refractivity contribution in [3.8, 4) is 0 Å². The van der Waals surface area contributed by atoms with E-state index >= 15 is 0 Å². The van der Waals surface area contributed by atoms with Crippen molar-refractivity contribution in [2.24, 2.45) is 0 Å². The summed E-state index contributed by atoms with van der Waals surface area (Å²) in [6, 6.07) is 6.51. The number of thiophene rings is 1. The summed E-state index contributed by atoms with van der Waals surface area (Å²) in [4.78, 5) is 27.7. The third-order valence-corrected chi connectivity index (χ3v) is 6.21. The van der Waals surface area contributed by atoms with E-state index in [-0.39, 0.29) is 11.7 Å². The molecule has 1 aliphatic heterocycles. The molecule has 0 unspecified atom stereocenters. The highest BCUT2D eigenvalue weighted by molar-refractivity contribution is 7.20. The summed E-state index contributed by atoms with van der Waals surface area (Å²) in [5.41, 5.74) is 2.88. The molecule has 4 rings (SSSR count). The lowest BCUT2D eigenvalue weighted by atomic mass is 10.1. The Hall–Kier alpha value is -2.54. The molecule has 1 saturated heterocycles. The Bertz CT molecular complexity index is 1010. The second-order valence-electron chi connectivity index (χ2n) is 6.85. The number of hydrogen-bond donors (Lipinski definition) is 0. The fourth-order valence-electron chi connectivity index (χ4n) is 3.64. The first-order valence-electron chi connectivity index (χ1n) is 8.98. The van der Waals surface area contributed by atoms with E-state index in [0.717, 1.165) is 51.0 Å². The molecule has 27 heavy (non-hydrogen) atoms. The van der Waals surface area contributed by atoms with Crippen molar-refractivity contribution in [2.45, 2.75) is 20.8 Å². The molecule has 1 amide bonds.